The first-order valence-corrected chi connectivity index (χ1v) is 8.56. The lowest BCUT2D eigenvalue weighted by atomic mass is 10.2. The minimum absolute atomic E-state index is 0. The van der Waals surface area contributed by atoms with Gasteiger partial charge in [0, 0.05) is 19.7 Å². The Morgan fingerprint density at radius 2 is 1.91 bits per heavy atom. The first kappa shape index (κ1) is 20.2. The first-order chi connectivity index (χ1) is 10.9. The monoisotopic (exact) mass is 431 g/mol. The lowest BCUT2D eigenvalue weighted by molar-refractivity contribution is 0.0574. The number of ether oxygens (including phenoxy) is 1. The fourth-order valence-electron chi connectivity index (χ4n) is 2.68. The Morgan fingerprint density at radius 3 is 2.61 bits per heavy atom. The van der Waals surface area contributed by atoms with Crippen molar-refractivity contribution in [2.24, 2.45) is 4.99 Å². The molecule has 0 saturated heterocycles. The molecule has 4 nitrogen and oxygen atoms in total. The molecule has 0 bridgehead atoms. The molecule has 0 amide bonds. The molecule has 5 heteroatoms. The average molecular weight is 431 g/mol. The van der Waals surface area contributed by atoms with E-state index in [9.17, 15) is 0 Å². The maximum absolute atomic E-state index is 5.87. The number of halogens is 1. The molecule has 0 spiro atoms. The molecular formula is C18H30IN3O. The van der Waals surface area contributed by atoms with Gasteiger partial charge in [-0.25, -0.2) is 4.99 Å². The summed E-state index contributed by atoms with van der Waals surface area (Å²) in [7, 11) is 0. The molecule has 0 atom stereocenters. The van der Waals surface area contributed by atoms with Gasteiger partial charge in [-0.15, -0.1) is 24.0 Å². The third-order valence-electron chi connectivity index (χ3n) is 3.88. The van der Waals surface area contributed by atoms with Crippen LogP contribution >= 0.6 is 24.0 Å². The van der Waals surface area contributed by atoms with E-state index in [4.69, 9.17) is 4.74 Å². The minimum Gasteiger partial charge on any atom is -0.378 e. The van der Waals surface area contributed by atoms with Crippen molar-refractivity contribution in [3.8, 4) is 0 Å². The van der Waals surface area contributed by atoms with Crippen LogP contribution in [0.2, 0.25) is 0 Å². The van der Waals surface area contributed by atoms with E-state index in [-0.39, 0.29) is 24.0 Å². The summed E-state index contributed by atoms with van der Waals surface area (Å²) in [5.41, 5.74) is 1.23. The first-order valence-electron chi connectivity index (χ1n) is 8.56. The van der Waals surface area contributed by atoms with Crippen LogP contribution in [-0.4, -0.2) is 31.8 Å². The Morgan fingerprint density at radius 1 is 1.17 bits per heavy atom. The average Bonchev–Trinajstić information content (AvgIpc) is 3.06. The van der Waals surface area contributed by atoms with E-state index in [0.29, 0.717) is 12.6 Å². The summed E-state index contributed by atoms with van der Waals surface area (Å²) in [6.45, 7) is 5.40. The van der Waals surface area contributed by atoms with Crippen molar-refractivity contribution in [2.45, 2.75) is 51.7 Å². The van der Waals surface area contributed by atoms with Gasteiger partial charge in [0.05, 0.1) is 12.6 Å². The fraction of sp³-hybridized carbons (Fsp3) is 0.611. The Bertz CT molecular complexity index is 433. The zero-order valence-electron chi connectivity index (χ0n) is 14.1. The molecule has 23 heavy (non-hydrogen) atoms. The van der Waals surface area contributed by atoms with Crippen LogP contribution in [0, 0.1) is 0 Å². The van der Waals surface area contributed by atoms with Gasteiger partial charge in [0.25, 0.3) is 0 Å². The lowest BCUT2D eigenvalue weighted by Gasteiger charge is -2.13. The number of hydrogen-bond donors (Lipinski definition) is 2. The molecule has 1 aliphatic rings. The summed E-state index contributed by atoms with van der Waals surface area (Å²) in [5, 5.41) is 6.66. The third-order valence-corrected chi connectivity index (χ3v) is 3.88. The van der Waals surface area contributed by atoms with E-state index >= 15 is 0 Å². The van der Waals surface area contributed by atoms with Crippen molar-refractivity contribution in [3.05, 3.63) is 35.9 Å². The number of nitrogens with one attached hydrogen (secondary N) is 2. The van der Waals surface area contributed by atoms with Gasteiger partial charge < -0.3 is 15.4 Å². The van der Waals surface area contributed by atoms with E-state index in [2.05, 4.69) is 34.7 Å². The highest BCUT2D eigenvalue weighted by atomic mass is 127. The third kappa shape index (κ3) is 8.55. The summed E-state index contributed by atoms with van der Waals surface area (Å²) in [5.74, 6) is 0.882. The van der Waals surface area contributed by atoms with Gasteiger partial charge in [-0.05, 0) is 31.7 Å². The molecule has 0 aliphatic heterocycles. The summed E-state index contributed by atoms with van der Waals surface area (Å²) in [4.78, 5) is 4.61. The van der Waals surface area contributed by atoms with Crippen LogP contribution in [-0.2, 0) is 11.3 Å². The van der Waals surface area contributed by atoms with Gasteiger partial charge in [-0.2, -0.15) is 0 Å². The van der Waals surface area contributed by atoms with Crippen molar-refractivity contribution in [1.82, 2.24) is 10.6 Å². The van der Waals surface area contributed by atoms with Crippen LogP contribution in [0.3, 0.4) is 0 Å². The summed E-state index contributed by atoms with van der Waals surface area (Å²) >= 11 is 0. The zero-order chi connectivity index (χ0) is 15.5. The maximum atomic E-state index is 5.87. The number of benzene rings is 1. The fourth-order valence-corrected chi connectivity index (χ4v) is 2.68. The molecule has 0 heterocycles. The van der Waals surface area contributed by atoms with E-state index in [1.807, 2.05) is 18.2 Å². The van der Waals surface area contributed by atoms with Gasteiger partial charge in [-0.1, -0.05) is 43.2 Å². The van der Waals surface area contributed by atoms with Gasteiger partial charge in [0.1, 0.15) is 0 Å². The van der Waals surface area contributed by atoms with Crippen LogP contribution in [0.5, 0.6) is 0 Å². The van der Waals surface area contributed by atoms with Gasteiger partial charge >= 0.3 is 0 Å². The van der Waals surface area contributed by atoms with Crippen LogP contribution in [0.1, 0.15) is 44.6 Å². The standard InChI is InChI=1S/C18H29N3O.HI/c1-2-19-18(21-15-16-9-4-3-5-10-16)20-13-8-14-22-17-11-6-7-12-17;/h3-5,9-10,17H,2,6-8,11-15H2,1H3,(H2,19,20,21);1H. The van der Waals surface area contributed by atoms with Crippen LogP contribution < -0.4 is 10.6 Å². The zero-order valence-corrected chi connectivity index (χ0v) is 16.4. The predicted octanol–water partition coefficient (Wildman–Crippen LogP) is 3.71. The van der Waals surface area contributed by atoms with Crippen LogP contribution in [0.4, 0.5) is 0 Å². The highest BCUT2D eigenvalue weighted by Crippen LogP contribution is 2.20. The van der Waals surface area contributed by atoms with E-state index in [1.165, 1.54) is 31.2 Å². The van der Waals surface area contributed by atoms with Crippen molar-refractivity contribution in [3.63, 3.8) is 0 Å². The largest absolute Gasteiger partial charge is 0.378 e. The Hall–Kier alpha value is -0.820. The second kappa shape index (κ2) is 12.6. The number of nitrogens with zero attached hydrogens (tertiary/aromatic N) is 1. The highest BCUT2D eigenvalue weighted by Gasteiger charge is 2.14. The molecule has 2 N–H and O–H groups in total. The molecule has 130 valence electrons. The van der Waals surface area contributed by atoms with Crippen LogP contribution in [0.15, 0.2) is 35.3 Å². The summed E-state index contributed by atoms with van der Waals surface area (Å²) in [6, 6.07) is 10.3. The normalized spacial score (nSPS) is 15.3. The molecular weight excluding hydrogens is 401 g/mol. The Balaban J connectivity index is 0.00000264. The molecule has 0 radical (unpaired) electrons. The Labute approximate surface area is 157 Å². The smallest absolute Gasteiger partial charge is 0.191 e. The Kier molecular flexibility index (Phi) is 11.1. The number of rotatable bonds is 8. The second-order valence-corrected chi connectivity index (χ2v) is 5.74. The molecule has 1 aromatic carbocycles. The highest BCUT2D eigenvalue weighted by molar-refractivity contribution is 14.0. The van der Waals surface area contributed by atoms with Crippen molar-refractivity contribution in [1.29, 1.82) is 0 Å². The topological polar surface area (TPSA) is 45.7 Å². The van der Waals surface area contributed by atoms with Gasteiger partial charge in [-0.3, -0.25) is 0 Å². The van der Waals surface area contributed by atoms with E-state index in [0.717, 1.165) is 32.1 Å². The quantitative estimate of drug-likeness (QED) is 0.286. The molecule has 0 unspecified atom stereocenters. The molecule has 1 aliphatic carbocycles. The van der Waals surface area contributed by atoms with Crippen molar-refractivity contribution in [2.75, 3.05) is 19.7 Å². The van der Waals surface area contributed by atoms with E-state index < -0.39 is 0 Å². The lowest BCUT2D eigenvalue weighted by Crippen LogP contribution is -2.38. The van der Waals surface area contributed by atoms with Gasteiger partial charge in [0.2, 0.25) is 0 Å². The van der Waals surface area contributed by atoms with E-state index in [1.54, 1.807) is 0 Å². The van der Waals surface area contributed by atoms with Crippen molar-refractivity contribution >= 4 is 29.9 Å². The molecule has 1 saturated carbocycles. The second-order valence-electron chi connectivity index (χ2n) is 5.74. The maximum Gasteiger partial charge on any atom is 0.191 e. The summed E-state index contributed by atoms with van der Waals surface area (Å²) < 4.78 is 5.87. The predicted molar refractivity (Wildman–Crippen MR) is 108 cm³/mol. The van der Waals surface area contributed by atoms with Crippen LogP contribution in [0.25, 0.3) is 0 Å². The van der Waals surface area contributed by atoms with Crippen molar-refractivity contribution < 1.29 is 4.74 Å². The molecule has 1 fully saturated rings. The molecule has 0 aromatic heterocycles. The SMILES string of the molecule is CCNC(=NCc1ccccc1)NCCCOC1CCCC1.I. The molecule has 2 rings (SSSR count). The molecule has 1 aromatic rings. The number of guanidine groups is 1. The summed E-state index contributed by atoms with van der Waals surface area (Å²) in [6.07, 6.45) is 6.69. The van der Waals surface area contributed by atoms with Gasteiger partial charge in [0.15, 0.2) is 5.96 Å². The number of hydrogen-bond acceptors (Lipinski definition) is 2. The number of aliphatic imine (C=N–C) groups is 1. The minimum atomic E-state index is 0.